The van der Waals surface area contributed by atoms with Crippen LogP contribution in [0.1, 0.15) is 31.9 Å². The molecule has 1 aromatic rings. The molecule has 0 radical (unpaired) electrons. The van der Waals surface area contributed by atoms with Crippen molar-refractivity contribution < 1.29 is 0 Å². The van der Waals surface area contributed by atoms with Gasteiger partial charge in [-0.1, -0.05) is 44.5 Å². The Bertz CT molecular complexity index is 425. The second-order valence-electron chi connectivity index (χ2n) is 4.97. The third-order valence-electron chi connectivity index (χ3n) is 2.29. The lowest BCUT2D eigenvalue weighted by molar-refractivity contribution is 0.585. The highest BCUT2D eigenvalue weighted by Gasteiger charge is 2.16. The smallest absolute Gasteiger partial charge is 0.153 e. The molecule has 0 atom stereocenters. The lowest BCUT2D eigenvalue weighted by atomic mass is 9.95. The van der Waals surface area contributed by atoms with Crippen molar-refractivity contribution in [2.45, 2.75) is 27.7 Å². The summed E-state index contributed by atoms with van der Waals surface area (Å²) >= 11 is 0. The maximum Gasteiger partial charge on any atom is 0.153 e. The zero-order valence-corrected chi connectivity index (χ0v) is 10.3. The van der Waals surface area contributed by atoms with Crippen molar-refractivity contribution in [1.82, 2.24) is 0 Å². The topological polar surface area (TPSA) is 62.2 Å². The zero-order chi connectivity index (χ0) is 12.3. The van der Waals surface area contributed by atoms with Crippen molar-refractivity contribution in [1.29, 1.82) is 5.41 Å². The Kier molecular flexibility index (Phi) is 3.48. The van der Waals surface area contributed by atoms with Crippen molar-refractivity contribution in [3.05, 3.63) is 35.4 Å². The normalized spacial score (nSPS) is 12.6. The number of nitrogens with two attached hydrogens (primary N) is 1. The maximum absolute atomic E-state index is 7.87. The van der Waals surface area contributed by atoms with Crippen LogP contribution in [0, 0.1) is 17.7 Å². The second-order valence-corrected chi connectivity index (χ2v) is 4.97. The van der Waals surface area contributed by atoms with E-state index in [9.17, 15) is 0 Å². The van der Waals surface area contributed by atoms with Gasteiger partial charge in [0.2, 0.25) is 0 Å². The number of aliphatic imine (C=N–C) groups is 1. The lowest BCUT2D eigenvalue weighted by Gasteiger charge is -2.17. The number of benzene rings is 1. The quantitative estimate of drug-likeness (QED) is 0.551. The summed E-state index contributed by atoms with van der Waals surface area (Å²) < 4.78 is 0. The van der Waals surface area contributed by atoms with Gasteiger partial charge in [0.05, 0.1) is 0 Å². The van der Waals surface area contributed by atoms with Crippen LogP contribution in [0.5, 0.6) is 0 Å². The van der Waals surface area contributed by atoms with Gasteiger partial charge in [0.25, 0.3) is 0 Å². The van der Waals surface area contributed by atoms with E-state index in [1.54, 1.807) is 0 Å². The lowest BCUT2D eigenvalue weighted by Crippen LogP contribution is -2.30. The Labute approximate surface area is 96.9 Å². The van der Waals surface area contributed by atoms with Gasteiger partial charge in [-0.3, -0.25) is 5.41 Å². The maximum atomic E-state index is 7.87. The molecule has 0 unspecified atom stereocenters. The fraction of sp³-hybridized carbons (Fsp3) is 0.385. The fourth-order valence-electron chi connectivity index (χ4n) is 1.15. The Morgan fingerprint density at radius 3 is 2.44 bits per heavy atom. The number of nitrogens with zero attached hydrogens (tertiary/aromatic N) is 1. The van der Waals surface area contributed by atoms with E-state index in [0.29, 0.717) is 5.84 Å². The van der Waals surface area contributed by atoms with E-state index < -0.39 is 0 Å². The molecule has 16 heavy (non-hydrogen) atoms. The van der Waals surface area contributed by atoms with E-state index in [2.05, 4.69) is 4.99 Å². The molecule has 0 fully saturated rings. The average Bonchev–Trinajstić information content (AvgIpc) is 2.16. The minimum absolute atomic E-state index is 0.198. The Balaban J connectivity index is 2.97. The third kappa shape index (κ3) is 3.19. The number of hydrogen-bond acceptors (Lipinski definition) is 1. The van der Waals surface area contributed by atoms with Crippen LogP contribution in [-0.2, 0) is 0 Å². The highest BCUT2D eigenvalue weighted by molar-refractivity contribution is 6.05. The van der Waals surface area contributed by atoms with Crippen LogP contribution in [0.15, 0.2) is 29.3 Å². The molecule has 0 aliphatic heterocycles. The summed E-state index contributed by atoms with van der Waals surface area (Å²) in [5, 5.41) is 7.87. The van der Waals surface area contributed by atoms with Crippen molar-refractivity contribution >= 4 is 11.7 Å². The number of hydrogen-bond donors (Lipinski definition) is 2. The number of amidine groups is 2. The van der Waals surface area contributed by atoms with E-state index in [0.717, 1.165) is 11.1 Å². The van der Waals surface area contributed by atoms with Gasteiger partial charge in [-0.2, -0.15) is 0 Å². The number of rotatable bonds is 1. The minimum Gasteiger partial charge on any atom is -0.387 e. The second kappa shape index (κ2) is 4.47. The van der Waals surface area contributed by atoms with Crippen LogP contribution >= 0.6 is 0 Å². The van der Waals surface area contributed by atoms with Gasteiger partial charge in [-0.25, -0.2) is 4.99 Å². The summed E-state index contributed by atoms with van der Waals surface area (Å²) in [5.41, 5.74) is 7.55. The molecule has 0 saturated heterocycles. The van der Waals surface area contributed by atoms with Crippen molar-refractivity contribution in [2.24, 2.45) is 16.1 Å². The number of aryl methyl sites for hydroxylation is 1. The molecule has 0 heterocycles. The molecular weight excluding hydrogens is 198 g/mol. The first-order valence-corrected chi connectivity index (χ1v) is 5.31. The highest BCUT2D eigenvalue weighted by Crippen LogP contribution is 2.14. The molecule has 0 saturated carbocycles. The van der Waals surface area contributed by atoms with Crippen molar-refractivity contribution in [3.63, 3.8) is 0 Å². The summed E-state index contributed by atoms with van der Waals surface area (Å²) in [5.74, 6) is 0.704. The molecule has 3 N–H and O–H groups in total. The Morgan fingerprint density at radius 2 is 1.94 bits per heavy atom. The first kappa shape index (κ1) is 12.4. The molecule has 0 aliphatic carbocycles. The van der Waals surface area contributed by atoms with Gasteiger partial charge in [-0.15, -0.1) is 0 Å². The monoisotopic (exact) mass is 217 g/mol. The van der Waals surface area contributed by atoms with Gasteiger partial charge in [-0.05, 0) is 13.0 Å². The molecule has 0 amide bonds. The van der Waals surface area contributed by atoms with Crippen molar-refractivity contribution in [2.75, 3.05) is 0 Å². The molecular formula is C13H19N3. The van der Waals surface area contributed by atoms with Gasteiger partial charge in [0, 0.05) is 11.0 Å². The van der Waals surface area contributed by atoms with E-state index in [1.165, 1.54) is 0 Å². The van der Waals surface area contributed by atoms with E-state index in [4.69, 9.17) is 11.1 Å². The first-order chi connectivity index (χ1) is 7.30. The Morgan fingerprint density at radius 1 is 1.31 bits per heavy atom. The molecule has 0 bridgehead atoms. The van der Waals surface area contributed by atoms with E-state index in [-0.39, 0.29) is 11.3 Å². The summed E-state index contributed by atoms with van der Waals surface area (Å²) in [6.07, 6.45) is 0. The SMILES string of the molecule is Cc1cccc(C(=N)N=C(N)C(C)(C)C)c1. The van der Waals surface area contributed by atoms with Gasteiger partial charge >= 0.3 is 0 Å². The highest BCUT2D eigenvalue weighted by atomic mass is 14.9. The van der Waals surface area contributed by atoms with Gasteiger partial charge in [0.15, 0.2) is 5.84 Å². The Hall–Kier alpha value is -1.64. The van der Waals surface area contributed by atoms with Crippen LogP contribution in [0.2, 0.25) is 0 Å². The van der Waals surface area contributed by atoms with Crippen LogP contribution < -0.4 is 5.73 Å². The average molecular weight is 217 g/mol. The molecule has 3 heteroatoms. The summed E-state index contributed by atoms with van der Waals surface area (Å²) in [7, 11) is 0. The number of nitrogens with one attached hydrogen (secondary N) is 1. The summed E-state index contributed by atoms with van der Waals surface area (Å²) in [6, 6.07) is 7.71. The van der Waals surface area contributed by atoms with Gasteiger partial charge in [0.1, 0.15) is 5.84 Å². The fourth-order valence-corrected chi connectivity index (χ4v) is 1.15. The summed E-state index contributed by atoms with van der Waals surface area (Å²) in [6.45, 7) is 7.94. The predicted molar refractivity (Wildman–Crippen MR) is 69.1 cm³/mol. The molecule has 1 rings (SSSR count). The predicted octanol–water partition coefficient (Wildman–Crippen LogP) is 2.72. The molecule has 1 aromatic carbocycles. The van der Waals surface area contributed by atoms with E-state index in [1.807, 2.05) is 52.0 Å². The first-order valence-electron chi connectivity index (χ1n) is 5.31. The largest absolute Gasteiger partial charge is 0.387 e. The van der Waals surface area contributed by atoms with Crippen molar-refractivity contribution in [3.8, 4) is 0 Å². The van der Waals surface area contributed by atoms with Crippen LogP contribution in [0.4, 0.5) is 0 Å². The van der Waals surface area contributed by atoms with Crippen LogP contribution in [0.25, 0.3) is 0 Å². The molecule has 86 valence electrons. The van der Waals surface area contributed by atoms with E-state index >= 15 is 0 Å². The molecule has 0 aromatic heterocycles. The van der Waals surface area contributed by atoms with Crippen LogP contribution in [-0.4, -0.2) is 11.7 Å². The molecule has 0 aliphatic rings. The minimum atomic E-state index is -0.198. The molecule has 0 spiro atoms. The van der Waals surface area contributed by atoms with Crippen LogP contribution in [0.3, 0.4) is 0 Å². The molecule has 3 nitrogen and oxygen atoms in total. The zero-order valence-electron chi connectivity index (χ0n) is 10.3. The standard InChI is InChI=1S/C13H19N3/c1-9-6-5-7-10(8-9)11(14)16-12(15)13(2,3)4/h5-8H,1-4H3,(H3,14,15,16). The van der Waals surface area contributed by atoms with Gasteiger partial charge < -0.3 is 5.73 Å². The third-order valence-corrected chi connectivity index (χ3v) is 2.29. The summed E-state index contributed by atoms with van der Waals surface area (Å²) in [4.78, 5) is 4.14.